The molecule has 8 heteroatoms. The number of aromatic nitrogens is 1. The number of nitrogens with zero attached hydrogens (tertiary/aromatic N) is 2. The van der Waals surface area contributed by atoms with Crippen molar-refractivity contribution in [3.63, 3.8) is 0 Å². The van der Waals surface area contributed by atoms with E-state index in [1.165, 1.54) is 23.6 Å². The molecule has 0 aliphatic heterocycles. The van der Waals surface area contributed by atoms with Crippen molar-refractivity contribution < 1.29 is 13.2 Å². The zero-order valence-electron chi connectivity index (χ0n) is 13.5. The average Bonchev–Trinajstić information content (AvgIpc) is 3.04. The van der Waals surface area contributed by atoms with Crippen LogP contribution in [0.2, 0.25) is 5.02 Å². The van der Waals surface area contributed by atoms with Gasteiger partial charge in [-0.2, -0.15) is 18.3 Å². The molecule has 3 aromatic rings. The number of aryl methyl sites for hydroxylation is 1. The zero-order chi connectivity index (χ0) is 18.7. The van der Waals surface area contributed by atoms with Crippen LogP contribution in [0, 0.1) is 6.92 Å². The first kappa shape index (κ1) is 18.4. The normalized spacial score (nSPS) is 11.9. The summed E-state index contributed by atoms with van der Waals surface area (Å²) in [6.07, 6.45) is -2.89. The molecule has 2 aromatic carbocycles. The summed E-state index contributed by atoms with van der Waals surface area (Å²) in [5.41, 5.74) is 4.73. The van der Waals surface area contributed by atoms with E-state index in [1.807, 2.05) is 23.6 Å². The molecule has 0 aliphatic rings. The zero-order valence-corrected chi connectivity index (χ0v) is 15.1. The molecular weight excluding hydrogens is 383 g/mol. The first-order chi connectivity index (χ1) is 12.3. The average molecular weight is 396 g/mol. The van der Waals surface area contributed by atoms with Gasteiger partial charge in [0.1, 0.15) is 0 Å². The molecule has 0 saturated heterocycles. The lowest BCUT2D eigenvalue weighted by Crippen LogP contribution is -2.05. The number of halogens is 4. The maximum atomic E-state index is 12.7. The van der Waals surface area contributed by atoms with Crippen LogP contribution in [0.1, 0.15) is 16.7 Å². The highest BCUT2D eigenvalue weighted by Crippen LogP contribution is 2.31. The van der Waals surface area contributed by atoms with E-state index in [1.54, 1.807) is 13.0 Å². The third-order valence-electron chi connectivity index (χ3n) is 3.61. The highest BCUT2D eigenvalue weighted by molar-refractivity contribution is 7.14. The van der Waals surface area contributed by atoms with Crippen LogP contribution in [0.15, 0.2) is 52.9 Å². The van der Waals surface area contributed by atoms with E-state index < -0.39 is 11.7 Å². The Bertz CT molecular complexity index is 951. The number of hydrogen-bond donors (Lipinski definition) is 1. The number of rotatable bonds is 4. The van der Waals surface area contributed by atoms with Gasteiger partial charge in [-0.1, -0.05) is 35.9 Å². The fourth-order valence-electron chi connectivity index (χ4n) is 2.27. The molecule has 3 rings (SSSR count). The van der Waals surface area contributed by atoms with E-state index in [4.69, 9.17) is 11.6 Å². The van der Waals surface area contributed by atoms with Crippen molar-refractivity contribution in [2.45, 2.75) is 13.1 Å². The van der Waals surface area contributed by atoms with Gasteiger partial charge in [-0.25, -0.2) is 4.98 Å². The lowest BCUT2D eigenvalue weighted by atomic mass is 10.1. The summed E-state index contributed by atoms with van der Waals surface area (Å²) < 4.78 is 38.0. The Labute approximate surface area is 157 Å². The smallest absolute Gasteiger partial charge is 0.253 e. The third-order valence-corrected chi connectivity index (χ3v) is 4.69. The number of nitrogens with one attached hydrogen (secondary N) is 1. The van der Waals surface area contributed by atoms with Gasteiger partial charge in [0, 0.05) is 16.0 Å². The second-order valence-electron chi connectivity index (χ2n) is 5.46. The SMILES string of the molecule is Cc1cc(C(F)(F)F)ccc1/C=N/Nc1nc(-c2ccccc2Cl)cs1. The van der Waals surface area contributed by atoms with E-state index in [-0.39, 0.29) is 0 Å². The molecule has 134 valence electrons. The first-order valence-corrected chi connectivity index (χ1v) is 8.78. The lowest BCUT2D eigenvalue weighted by molar-refractivity contribution is -0.137. The third kappa shape index (κ3) is 4.23. The maximum Gasteiger partial charge on any atom is 0.416 e. The van der Waals surface area contributed by atoms with Crippen molar-refractivity contribution in [1.29, 1.82) is 0 Å². The molecule has 1 N–H and O–H groups in total. The number of hydrazone groups is 1. The van der Waals surface area contributed by atoms with Crippen molar-refractivity contribution in [3.05, 3.63) is 69.6 Å². The van der Waals surface area contributed by atoms with Crippen LogP contribution >= 0.6 is 22.9 Å². The van der Waals surface area contributed by atoms with Crippen LogP contribution < -0.4 is 5.43 Å². The minimum Gasteiger partial charge on any atom is -0.253 e. The highest BCUT2D eigenvalue weighted by Gasteiger charge is 2.30. The van der Waals surface area contributed by atoms with Crippen LogP contribution in [0.3, 0.4) is 0 Å². The Morgan fingerprint density at radius 2 is 1.96 bits per heavy atom. The molecule has 0 amide bonds. The second kappa shape index (κ2) is 7.47. The van der Waals surface area contributed by atoms with E-state index >= 15 is 0 Å². The van der Waals surface area contributed by atoms with Gasteiger partial charge >= 0.3 is 6.18 Å². The molecule has 0 spiro atoms. The summed E-state index contributed by atoms with van der Waals surface area (Å²) in [4.78, 5) is 4.40. The minimum atomic E-state index is -4.35. The molecule has 0 bridgehead atoms. The number of alkyl halides is 3. The summed E-state index contributed by atoms with van der Waals surface area (Å²) in [6, 6.07) is 10.9. The monoisotopic (exact) mass is 395 g/mol. The largest absolute Gasteiger partial charge is 0.416 e. The van der Waals surface area contributed by atoms with Gasteiger partial charge in [0.15, 0.2) is 0 Å². The molecule has 0 radical (unpaired) electrons. The number of thiazole rings is 1. The van der Waals surface area contributed by atoms with E-state index in [0.29, 0.717) is 21.3 Å². The number of anilines is 1. The minimum absolute atomic E-state index is 0.487. The maximum absolute atomic E-state index is 12.7. The predicted molar refractivity (Wildman–Crippen MR) is 100.0 cm³/mol. The predicted octanol–water partition coefficient (Wildman–Crippen LogP) is 6.24. The van der Waals surface area contributed by atoms with Crippen molar-refractivity contribution in [3.8, 4) is 11.3 Å². The van der Waals surface area contributed by atoms with Crippen molar-refractivity contribution >= 4 is 34.3 Å². The van der Waals surface area contributed by atoms with Crippen LogP contribution in [0.25, 0.3) is 11.3 Å². The summed E-state index contributed by atoms with van der Waals surface area (Å²) in [5.74, 6) is 0. The van der Waals surface area contributed by atoms with Crippen LogP contribution in [-0.2, 0) is 6.18 Å². The molecule has 0 fully saturated rings. The Hall–Kier alpha value is -2.38. The lowest BCUT2D eigenvalue weighted by Gasteiger charge is -2.08. The second-order valence-corrected chi connectivity index (χ2v) is 6.72. The van der Waals surface area contributed by atoms with E-state index in [9.17, 15) is 13.2 Å². The fraction of sp³-hybridized carbons (Fsp3) is 0.111. The van der Waals surface area contributed by atoms with Crippen LogP contribution in [0.5, 0.6) is 0 Å². The van der Waals surface area contributed by atoms with E-state index in [0.717, 1.165) is 23.4 Å². The Kier molecular flexibility index (Phi) is 5.29. The molecular formula is C18H13ClF3N3S. The molecule has 1 heterocycles. The van der Waals surface area contributed by atoms with Crippen molar-refractivity contribution in [2.75, 3.05) is 5.43 Å². The molecule has 0 aliphatic carbocycles. The molecule has 3 nitrogen and oxygen atoms in total. The molecule has 0 saturated carbocycles. The Morgan fingerprint density at radius 1 is 1.19 bits per heavy atom. The van der Waals surface area contributed by atoms with Gasteiger partial charge < -0.3 is 0 Å². The molecule has 1 aromatic heterocycles. The molecule has 26 heavy (non-hydrogen) atoms. The quantitative estimate of drug-likeness (QED) is 0.419. The number of benzene rings is 2. The van der Waals surface area contributed by atoms with Crippen molar-refractivity contribution in [2.24, 2.45) is 5.10 Å². The van der Waals surface area contributed by atoms with Gasteiger partial charge in [-0.3, -0.25) is 5.43 Å². The summed E-state index contributed by atoms with van der Waals surface area (Å²) >= 11 is 7.50. The molecule has 0 unspecified atom stereocenters. The fourth-order valence-corrected chi connectivity index (χ4v) is 3.16. The Morgan fingerprint density at radius 3 is 2.65 bits per heavy atom. The summed E-state index contributed by atoms with van der Waals surface area (Å²) in [5, 5.41) is 7.06. The van der Waals surface area contributed by atoms with E-state index in [2.05, 4.69) is 15.5 Å². The first-order valence-electron chi connectivity index (χ1n) is 7.52. The van der Waals surface area contributed by atoms with Crippen LogP contribution in [-0.4, -0.2) is 11.2 Å². The highest BCUT2D eigenvalue weighted by atomic mass is 35.5. The van der Waals surface area contributed by atoms with Gasteiger partial charge in [0.05, 0.1) is 17.5 Å². The van der Waals surface area contributed by atoms with Crippen molar-refractivity contribution in [1.82, 2.24) is 4.98 Å². The molecule has 0 atom stereocenters. The summed E-state index contributed by atoms with van der Waals surface area (Å²) in [6.45, 7) is 1.61. The standard InChI is InChI=1S/C18H13ClF3N3S/c1-11-8-13(18(20,21)22)7-6-12(11)9-23-25-17-24-16(10-26-17)14-4-2-3-5-15(14)19/h2-10H,1H3,(H,24,25)/b23-9+. The van der Waals surface area contributed by atoms with Gasteiger partial charge in [-0.15, -0.1) is 11.3 Å². The van der Waals surface area contributed by atoms with Crippen LogP contribution in [0.4, 0.5) is 18.3 Å². The van der Waals surface area contributed by atoms with Gasteiger partial charge in [-0.05, 0) is 36.2 Å². The van der Waals surface area contributed by atoms with Gasteiger partial charge in [0.2, 0.25) is 5.13 Å². The summed E-state index contributed by atoms with van der Waals surface area (Å²) in [7, 11) is 0. The van der Waals surface area contributed by atoms with Gasteiger partial charge in [0.25, 0.3) is 0 Å². The number of hydrogen-bond acceptors (Lipinski definition) is 4. The topological polar surface area (TPSA) is 37.3 Å². The Balaban J connectivity index is 1.71.